The van der Waals surface area contributed by atoms with E-state index >= 15 is 0 Å². The summed E-state index contributed by atoms with van der Waals surface area (Å²) in [4.78, 5) is 0. The molecule has 1 unspecified atom stereocenters. The van der Waals surface area contributed by atoms with Crippen LogP contribution in [-0.4, -0.2) is 0 Å². The van der Waals surface area contributed by atoms with Gasteiger partial charge in [0, 0.05) is 13.6 Å². The van der Waals surface area contributed by atoms with E-state index in [0.717, 1.165) is 9.13 Å². The van der Waals surface area contributed by atoms with Crippen molar-refractivity contribution in [1.82, 2.24) is 5.43 Å². The van der Waals surface area contributed by atoms with Crippen LogP contribution >= 0.6 is 50.1 Å². The van der Waals surface area contributed by atoms with Crippen LogP contribution in [0.3, 0.4) is 0 Å². The molecule has 1 atom stereocenters. The van der Waals surface area contributed by atoms with Gasteiger partial charge in [0.1, 0.15) is 5.82 Å². The Morgan fingerprint density at radius 1 is 1.32 bits per heavy atom. The lowest BCUT2D eigenvalue weighted by atomic mass is 9.99. The summed E-state index contributed by atoms with van der Waals surface area (Å²) < 4.78 is 15.8. The van der Waals surface area contributed by atoms with Gasteiger partial charge in [-0.2, -0.15) is 0 Å². The van der Waals surface area contributed by atoms with Crippen molar-refractivity contribution in [3.63, 3.8) is 0 Å². The highest BCUT2D eigenvalue weighted by Gasteiger charge is 2.19. The predicted molar refractivity (Wildman–Crippen MR) is 87.4 cm³/mol. The van der Waals surface area contributed by atoms with Crippen LogP contribution in [0.25, 0.3) is 0 Å². The Hall–Kier alpha value is -0.210. The van der Waals surface area contributed by atoms with Gasteiger partial charge in [0.25, 0.3) is 0 Å². The lowest BCUT2D eigenvalue weighted by Gasteiger charge is -2.18. The maximum atomic E-state index is 14.2. The Bertz CT molecular complexity index is 609. The van der Waals surface area contributed by atoms with E-state index in [2.05, 4.69) is 43.9 Å². The zero-order chi connectivity index (χ0) is 14.0. The monoisotopic (exact) mass is 454 g/mol. The van der Waals surface area contributed by atoms with Gasteiger partial charge in [0.2, 0.25) is 0 Å². The summed E-state index contributed by atoms with van der Waals surface area (Å²) in [5.41, 5.74) is 3.93. The zero-order valence-corrected chi connectivity index (χ0v) is 14.1. The van der Waals surface area contributed by atoms with Crippen LogP contribution in [0.2, 0.25) is 5.02 Å². The fourth-order valence-electron chi connectivity index (χ4n) is 1.82. The molecular weight excluding hydrogens is 445 g/mol. The molecule has 2 aromatic rings. The molecular formula is C13H10BrClFIN2. The van der Waals surface area contributed by atoms with Crippen molar-refractivity contribution in [2.75, 3.05) is 0 Å². The third kappa shape index (κ3) is 3.28. The highest BCUT2D eigenvalue weighted by atomic mass is 127. The first-order valence-electron chi connectivity index (χ1n) is 5.39. The van der Waals surface area contributed by atoms with Crippen LogP contribution in [0.5, 0.6) is 0 Å². The summed E-state index contributed by atoms with van der Waals surface area (Å²) in [6, 6.07) is 10.6. The molecule has 2 rings (SSSR count). The first-order chi connectivity index (χ1) is 9.04. The molecule has 0 spiro atoms. The quantitative estimate of drug-likeness (QED) is 0.312. The Morgan fingerprint density at radius 2 is 2.05 bits per heavy atom. The molecule has 0 radical (unpaired) electrons. The summed E-state index contributed by atoms with van der Waals surface area (Å²) in [6.07, 6.45) is 0. The molecule has 0 aromatic heterocycles. The van der Waals surface area contributed by atoms with Gasteiger partial charge in [-0.3, -0.25) is 5.84 Å². The minimum absolute atomic E-state index is 0.0587. The molecule has 0 aliphatic heterocycles. The molecule has 2 nitrogen and oxygen atoms in total. The van der Waals surface area contributed by atoms with E-state index < -0.39 is 11.9 Å². The van der Waals surface area contributed by atoms with E-state index in [1.807, 2.05) is 24.3 Å². The standard InChI is InChI=1S/C13H10BrClFIN2/c14-10-5-4-9(12(16)11(10)15)13(19-18)7-2-1-3-8(17)6-7/h1-6,13,19H,18H2. The highest BCUT2D eigenvalue weighted by Crippen LogP contribution is 2.32. The molecule has 2 aromatic carbocycles. The average molecular weight is 455 g/mol. The summed E-state index contributed by atoms with van der Waals surface area (Å²) in [5.74, 6) is 5.10. The van der Waals surface area contributed by atoms with Crippen LogP contribution in [0, 0.1) is 9.39 Å². The normalized spacial score (nSPS) is 12.5. The summed E-state index contributed by atoms with van der Waals surface area (Å²) in [5, 5.41) is 0.0587. The van der Waals surface area contributed by atoms with Gasteiger partial charge in [-0.1, -0.05) is 29.8 Å². The molecule has 0 aliphatic rings. The third-order valence-electron chi connectivity index (χ3n) is 2.72. The molecule has 0 amide bonds. The maximum Gasteiger partial charge on any atom is 0.148 e. The Balaban J connectivity index is 2.51. The number of hydrazine groups is 1. The number of nitrogens with one attached hydrogen (secondary N) is 1. The molecule has 0 bridgehead atoms. The van der Waals surface area contributed by atoms with Gasteiger partial charge < -0.3 is 0 Å². The summed E-state index contributed by atoms with van der Waals surface area (Å²) in [6.45, 7) is 0. The molecule has 0 saturated heterocycles. The molecule has 0 heterocycles. The maximum absolute atomic E-state index is 14.2. The van der Waals surface area contributed by atoms with Crippen LogP contribution < -0.4 is 11.3 Å². The van der Waals surface area contributed by atoms with Crippen molar-refractivity contribution >= 4 is 50.1 Å². The van der Waals surface area contributed by atoms with E-state index in [4.69, 9.17) is 17.4 Å². The average Bonchev–Trinajstić information content (AvgIpc) is 2.40. The van der Waals surface area contributed by atoms with Crippen LogP contribution in [-0.2, 0) is 0 Å². The van der Waals surface area contributed by atoms with Gasteiger partial charge >= 0.3 is 0 Å². The molecule has 0 aliphatic carbocycles. The fraction of sp³-hybridized carbons (Fsp3) is 0.0769. The zero-order valence-electron chi connectivity index (χ0n) is 9.63. The van der Waals surface area contributed by atoms with Crippen LogP contribution in [0.4, 0.5) is 4.39 Å². The van der Waals surface area contributed by atoms with E-state index in [9.17, 15) is 4.39 Å². The van der Waals surface area contributed by atoms with Gasteiger partial charge in [-0.25, -0.2) is 9.82 Å². The van der Waals surface area contributed by atoms with Crippen molar-refractivity contribution in [2.45, 2.75) is 6.04 Å². The molecule has 0 saturated carbocycles. The van der Waals surface area contributed by atoms with Gasteiger partial charge in [-0.05, 0) is 62.3 Å². The van der Waals surface area contributed by atoms with E-state index in [0.29, 0.717) is 10.0 Å². The smallest absolute Gasteiger partial charge is 0.148 e. The lowest BCUT2D eigenvalue weighted by molar-refractivity contribution is 0.560. The van der Waals surface area contributed by atoms with E-state index in [-0.39, 0.29) is 5.02 Å². The Labute approximate surface area is 137 Å². The summed E-state index contributed by atoms with van der Waals surface area (Å²) in [7, 11) is 0. The topological polar surface area (TPSA) is 38.0 Å². The van der Waals surface area contributed by atoms with E-state index in [1.54, 1.807) is 12.1 Å². The Morgan fingerprint density at radius 3 is 2.68 bits per heavy atom. The molecule has 6 heteroatoms. The van der Waals surface area contributed by atoms with E-state index in [1.165, 1.54) is 0 Å². The second-order valence-electron chi connectivity index (χ2n) is 3.92. The van der Waals surface area contributed by atoms with Gasteiger partial charge in [0.05, 0.1) is 11.1 Å². The van der Waals surface area contributed by atoms with Crippen molar-refractivity contribution in [2.24, 2.45) is 5.84 Å². The first-order valence-corrected chi connectivity index (χ1v) is 7.64. The first kappa shape index (κ1) is 15.2. The van der Waals surface area contributed by atoms with Crippen molar-refractivity contribution in [3.8, 4) is 0 Å². The fourth-order valence-corrected chi connectivity index (χ4v) is 2.86. The number of rotatable bonds is 3. The predicted octanol–water partition coefficient (Wildman–Crippen LogP) is 4.40. The second kappa shape index (κ2) is 6.49. The third-order valence-corrected chi connectivity index (χ3v) is 4.65. The molecule has 100 valence electrons. The van der Waals surface area contributed by atoms with Crippen molar-refractivity contribution in [3.05, 3.63) is 66.4 Å². The second-order valence-corrected chi connectivity index (χ2v) is 6.40. The number of hydrogen-bond acceptors (Lipinski definition) is 2. The highest BCUT2D eigenvalue weighted by molar-refractivity contribution is 14.1. The van der Waals surface area contributed by atoms with Crippen LogP contribution in [0.1, 0.15) is 17.2 Å². The van der Waals surface area contributed by atoms with Crippen LogP contribution in [0.15, 0.2) is 40.9 Å². The largest absolute Gasteiger partial charge is 0.271 e. The summed E-state index contributed by atoms with van der Waals surface area (Å²) >= 11 is 11.3. The molecule has 0 fully saturated rings. The number of halogens is 4. The number of benzene rings is 2. The van der Waals surface area contributed by atoms with Gasteiger partial charge in [-0.15, -0.1) is 0 Å². The minimum Gasteiger partial charge on any atom is -0.271 e. The van der Waals surface area contributed by atoms with Gasteiger partial charge in [0.15, 0.2) is 0 Å². The van der Waals surface area contributed by atoms with Crippen molar-refractivity contribution < 1.29 is 4.39 Å². The number of nitrogens with two attached hydrogens (primary N) is 1. The number of hydrogen-bond donors (Lipinski definition) is 2. The Kier molecular flexibility index (Phi) is 5.19. The lowest BCUT2D eigenvalue weighted by Crippen LogP contribution is -2.29. The van der Waals surface area contributed by atoms with Crippen molar-refractivity contribution in [1.29, 1.82) is 0 Å². The molecule has 3 N–H and O–H groups in total. The SMILES string of the molecule is NNC(c1cccc(I)c1)c1ccc(Br)c(Cl)c1F. The minimum atomic E-state index is -0.474. The molecule has 19 heavy (non-hydrogen) atoms.